The average Bonchev–Trinajstić information content (AvgIpc) is 2.38. The first-order chi connectivity index (χ1) is 9.94. The Morgan fingerprint density at radius 3 is 2.43 bits per heavy atom. The highest BCUT2D eigenvalue weighted by atomic mass is 35.5. The van der Waals surface area contributed by atoms with Crippen molar-refractivity contribution in [2.45, 2.75) is 6.92 Å². The van der Waals surface area contributed by atoms with Crippen LogP contribution in [-0.2, 0) is 4.79 Å². The van der Waals surface area contributed by atoms with Crippen molar-refractivity contribution in [3.05, 3.63) is 63.6 Å². The number of halogens is 2. The van der Waals surface area contributed by atoms with Crippen LogP contribution < -0.4 is 4.74 Å². The Bertz CT molecular complexity index is 688. The minimum absolute atomic E-state index is 0.483. The largest absolute Gasteiger partial charge is 0.478 e. The highest BCUT2D eigenvalue weighted by Crippen LogP contribution is 2.30. The maximum atomic E-state index is 10.5. The van der Waals surface area contributed by atoms with Crippen LogP contribution in [-0.4, -0.2) is 11.1 Å². The lowest BCUT2D eigenvalue weighted by atomic mass is 10.1. The van der Waals surface area contributed by atoms with Crippen LogP contribution in [0.5, 0.6) is 11.5 Å². The van der Waals surface area contributed by atoms with Gasteiger partial charge >= 0.3 is 5.97 Å². The van der Waals surface area contributed by atoms with Crippen LogP contribution in [0.15, 0.2) is 42.5 Å². The maximum absolute atomic E-state index is 10.5. The van der Waals surface area contributed by atoms with Crippen molar-refractivity contribution in [3.63, 3.8) is 0 Å². The van der Waals surface area contributed by atoms with Crippen LogP contribution in [0.1, 0.15) is 11.1 Å². The van der Waals surface area contributed by atoms with Gasteiger partial charge in [0.1, 0.15) is 11.5 Å². The Balaban J connectivity index is 2.30. The smallest absolute Gasteiger partial charge is 0.328 e. The first-order valence-electron chi connectivity index (χ1n) is 6.09. The van der Waals surface area contributed by atoms with Gasteiger partial charge in [0, 0.05) is 16.1 Å². The molecule has 0 amide bonds. The first-order valence-corrected chi connectivity index (χ1v) is 6.85. The van der Waals surface area contributed by atoms with E-state index in [0.717, 1.165) is 17.2 Å². The summed E-state index contributed by atoms with van der Waals surface area (Å²) in [7, 11) is 0. The maximum Gasteiger partial charge on any atom is 0.328 e. The lowest BCUT2D eigenvalue weighted by Gasteiger charge is -2.10. The molecule has 2 rings (SSSR count). The van der Waals surface area contributed by atoms with E-state index in [9.17, 15) is 4.79 Å². The number of ether oxygens (including phenoxy) is 1. The third-order valence-corrected chi connectivity index (χ3v) is 3.13. The predicted molar refractivity (Wildman–Crippen MR) is 84.4 cm³/mol. The molecule has 0 saturated heterocycles. The van der Waals surface area contributed by atoms with E-state index in [2.05, 4.69) is 0 Å². The Labute approximate surface area is 132 Å². The highest BCUT2D eigenvalue weighted by molar-refractivity contribution is 6.34. The normalized spacial score (nSPS) is 10.8. The zero-order valence-corrected chi connectivity index (χ0v) is 12.7. The van der Waals surface area contributed by atoms with Gasteiger partial charge in [-0.2, -0.15) is 0 Å². The topological polar surface area (TPSA) is 46.5 Å². The van der Waals surface area contributed by atoms with E-state index >= 15 is 0 Å². The van der Waals surface area contributed by atoms with Gasteiger partial charge in [0.05, 0.1) is 0 Å². The van der Waals surface area contributed by atoms with Gasteiger partial charge in [-0.1, -0.05) is 35.3 Å². The molecule has 0 saturated carbocycles. The molecule has 0 atom stereocenters. The van der Waals surface area contributed by atoms with Crippen molar-refractivity contribution in [1.82, 2.24) is 0 Å². The summed E-state index contributed by atoms with van der Waals surface area (Å²) in [4.78, 5) is 10.5. The van der Waals surface area contributed by atoms with Gasteiger partial charge in [0.15, 0.2) is 0 Å². The quantitative estimate of drug-likeness (QED) is 0.787. The third-order valence-electron chi connectivity index (χ3n) is 2.69. The number of rotatable bonds is 4. The number of carboxylic acids is 1. The molecule has 5 heteroatoms. The first kappa shape index (κ1) is 15.4. The molecule has 0 aliphatic rings. The second-order valence-corrected chi connectivity index (χ2v) is 5.28. The summed E-state index contributed by atoms with van der Waals surface area (Å²) in [5.74, 6) is 0.135. The number of carbonyl (C=O) groups is 1. The summed E-state index contributed by atoms with van der Waals surface area (Å²) in [6, 6.07) is 10.4. The fourth-order valence-corrected chi connectivity index (χ4v) is 2.22. The fraction of sp³-hybridized carbons (Fsp3) is 0.0625. The van der Waals surface area contributed by atoms with Gasteiger partial charge in [-0.15, -0.1) is 0 Å². The lowest BCUT2D eigenvalue weighted by molar-refractivity contribution is -0.131. The molecule has 108 valence electrons. The van der Waals surface area contributed by atoms with E-state index in [0.29, 0.717) is 21.5 Å². The van der Waals surface area contributed by atoms with Gasteiger partial charge in [0.2, 0.25) is 0 Å². The van der Waals surface area contributed by atoms with E-state index in [1.807, 2.05) is 19.1 Å². The van der Waals surface area contributed by atoms with E-state index < -0.39 is 5.97 Å². The van der Waals surface area contributed by atoms with Crippen molar-refractivity contribution < 1.29 is 14.6 Å². The molecule has 0 heterocycles. The summed E-state index contributed by atoms with van der Waals surface area (Å²) in [6.07, 6.45) is 2.57. The Morgan fingerprint density at radius 2 is 1.81 bits per heavy atom. The van der Waals surface area contributed by atoms with Crippen molar-refractivity contribution in [1.29, 1.82) is 0 Å². The van der Waals surface area contributed by atoms with Gasteiger partial charge in [-0.3, -0.25) is 0 Å². The van der Waals surface area contributed by atoms with Crippen LogP contribution in [0.4, 0.5) is 0 Å². The Kier molecular flexibility index (Phi) is 4.89. The second kappa shape index (κ2) is 6.66. The van der Waals surface area contributed by atoms with Crippen LogP contribution in [0.25, 0.3) is 6.08 Å². The number of hydrogen-bond donors (Lipinski definition) is 1. The van der Waals surface area contributed by atoms with Crippen LogP contribution in [0.2, 0.25) is 10.0 Å². The van der Waals surface area contributed by atoms with Crippen LogP contribution in [0, 0.1) is 6.92 Å². The minimum Gasteiger partial charge on any atom is -0.478 e. The molecular weight excluding hydrogens is 311 g/mol. The molecular formula is C16H12Cl2O3. The van der Waals surface area contributed by atoms with Crippen molar-refractivity contribution in [2.75, 3.05) is 0 Å². The number of hydrogen-bond acceptors (Lipinski definition) is 2. The minimum atomic E-state index is -1.00. The highest BCUT2D eigenvalue weighted by Gasteiger charge is 2.05. The van der Waals surface area contributed by atoms with Gasteiger partial charge in [-0.05, 0) is 48.4 Å². The molecule has 0 spiro atoms. The zero-order valence-electron chi connectivity index (χ0n) is 11.1. The predicted octanol–water partition coefficient (Wildman–Crippen LogP) is 5.19. The van der Waals surface area contributed by atoms with E-state index in [-0.39, 0.29) is 0 Å². The molecule has 3 nitrogen and oxygen atoms in total. The zero-order chi connectivity index (χ0) is 15.4. The fourth-order valence-electron chi connectivity index (χ4n) is 1.71. The summed E-state index contributed by atoms with van der Waals surface area (Å²) < 4.78 is 5.77. The molecule has 2 aromatic rings. The van der Waals surface area contributed by atoms with Crippen LogP contribution in [0.3, 0.4) is 0 Å². The summed E-state index contributed by atoms with van der Waals surface area (Å²) in [5, 5.41) is 9.61. The molecule has 21 heavy (non-hydrogen) atoms. The standard InChI is InChI=1S/C16H12Cl2O3/c1-10-2-3-11(4-5-16(19)20)6-15(10)21-14-8-12(17)7-13(18)9-14/h2-9H,1H3,(H,19,20)/b5-4+. The molecule has 2 aromatic carbocycles. The Morgan fingerprint density at radius 1 is 1.14 bits per heavy atom. The molecule has 0 bridgehead atoms. The molecule has 0 aliphatic carbocycles. The number of aliphatic carboxylic acids is 1. The summed E-state index contributed by atoms with van der Waals surface area (Å²) >= 11 is 11.9. The average molecular weight is 323 g/mol. The van der Waals surface area contributed by atoms with Crippen molar-refractivity contribution in [3.8, 4) is 11.5 Å². The molecule has 0 radical (unpaired) electrons. The SMILES string of the molecule is Cc1ccc(/C=C/C(=O)O)cc1Oc1cc(Cl)cc(Cl)c1. The van der Waals surface area contributed by atoms with E-state index in [4.69, 9.17) is 33.0 Å². The van der Waals surface area contributed by atoms with Gasteiger partial charge < -0.3 is 9.84 Å². The molecule has 0 aromatic heterocycles. The van der Waals surface area contributed by atoms with Crippen LogP contribution >= 0.6 is 23.2 Å². The molecule has 0 unspecified atom stereocenters. The lowest BCUT2D eigenvalue weighted by Crippen LogP contribution is -1.90. The monoisotopic (exact) mass is 322 g/mol. The molecule has 0 aliphatic heterocycles. The number of aryl methyl sites for hydroxylation is 1. The molecule has 1 N–H and O–H groups in total. The second-order valence-electron chi connectivity index (χ2n) is 4.40. The van der Waals surface area contributed by atoms with E-state index in [1.165, 1.54) is 6.08 Å². The third kappa shape index (κ3) is 4.52. The molecule has 0 fully saturated rings. The number of carboxylic acid groups (broad SMARTS) is 1. The summed E-state index contributed by atoms with van der Waals surface area (Å²) in [6.45, 7) is 1.90. The van der Waals surface area contributed by atoms with Crippen molar-refractivity contribution in [2.24, 2.45) is 0 Å². The number of benzene rings is 2. The summed E-state index contributed by atoms with van der Waals surface area (Å²) in [5.41, 5.74) is 1.64. The Hall–Kier alpha value is -1.97. The van der Waals surface area contributed by atoms with Gasteiger partial charge in [0.25, 0.3) is 0 Å². The van der Waals surface area contributed by atoms with Gasteiger partial charge in [-0.25, -0.2) is 4.79 Å². The van der Waals surface area contributed by atoms with Crippen molar-refractivity contribution >= 4 is 35.2 Å². The van der Waals surface area contributed by atoms with E-state index in [1.54, 1.807) is 24.3 Å².